The Kier molecular flexibility index (Phi) is 3.28. The standard InChI is InChI=1S/C12H20N4O2/c1-12(6-4-5-7-12)8-13-9-10(17)15(2)11(18)16(3)14-9/h4-8H2,1-3H3,(H,13,14). The van der Waals surface area contributed by atoms with Gasteiger partial charge in [0, 0.05) is 20.6 Å². The number of nitrogens with one attached hydrogen (secondary N) is 1. The predicted octanol–water partition coefficient (Wildman–Crippen LogP) is 0.471. The van der Waals surface area contributed by atoms with Crippen LogP contribution in [0.2, 0.25) is 0 Å². The van der Waals surface area contributed by atoms with Crippen molar-refractivity contribution in [3.05, 3.63) is 20.8 Å². The third-order valence-electron chi connectivity index (χ3n) is 3.81. The van der Waals surface area contributed by atoms with Crippen LogP contribution in [0.4, 0.5) is 5.82 Å². The number of hydrogen-bond donors (Lipinski definition) is 1. The van der Waals surface area contributed by atoms with Gasteiger partial charge in [-0.05, 0) is 18.3 Å². The van der Waals surface area contributed by atoms with Crippen molar-refractivity contribution in [2.45, 2.75) is 32.6 Å². The molecule has 1 aromatic heterocycles. The van der Waals surface area contributed by atoms with E-state index >= 15 is 0 Å². The zero-order chi connectivity index (χ0) is 13.3. The highest BCUT2D eigenvalue weighted by Gasteiger charge is 2.28. The molecule has 0 bridgehead atoms. The van der Waals surface area contributed by atoms with Crippen LogP contribution in [0.1, 0.15) is 32.6 Å². The van der Waals surface area contributed by atoms with Crippen LogP contribution in [0, 0.1) is 5.41 Å². The van der Waals surface area contributed by atoms with E-state index in [2.05, 4.69) is 17.3 Å². The molecule has 1 aliphatic rings. The van der Waals surface area contributed by atoms with Crippen LogP contribution in [0.15, 0.2) is 9.59 Å². The van der Waals surface area contributed by atoms with Gasteiger partial charge >= 0.3 is 5.69 Å². The summed E-state index contributed by atoms with van der Waals surface area (Å²) in [7, 11) is 3.01. The summed E-state index contributed by atoms with van der Waals surface area (Å²) in [6, 6.07) is 0. The lowest BCUT2D eigenvalue weighted by Crippen LogP contribution is -2.40. The fourth-order valence-corrected chi connectivity index (χ4v) is 2.51. The summed E-state index contributed by atoms with van der Waals surface area (Å²) in [6.45, 7) is 2.95. The zero-order valence-corrected chi connectivity index (χ0v) is 11.2. The van der Waals surface area contributed by atoms with Crippen molar-refractivity contribution >= 4 is 5.82 Å². The van der Waals surface area contributed by atoms with Gasteiger partial charge in [-0.2, -0.15) is 0 Å². The number of hydrogen-bond acceptors (Lipinski definition) is 4. The number of nitrogens with zero attached hydrogens (tertiary/aromatic N) is 3. The lowest BCUT2D eigenvalue weighted by molar-refractivity contribution is 0.361. The van der Waals surface area contributed by atoms with Gasteiger partial charge in [-0.15, -0.1) is 5.10 Å². The highest BCUT2D eigenvalue weighted by molar-refractivity contribution is 5.30. The lowest BCUT2D eigenvalue weighted by atomic mass is 9.89. The molecule has 1 heterocycles. The van der Waals surface area contributed by atoms with Gasteiger partial charge in [-0.1, -0.05) is 19.8 Å². The quantitative estimate of drug-likeness (QED) is 0.849. The molecule has 6 heteroatoms. The smallest absolute Gasteiger partial charge is 0.346 e. The van der Waals surface area contributed by atoms with Gasteiger partial charge in [0.05, 0.1) is 0 Å². The molecule has 0 atom stereocenters. The average molecular weight is 252 g/mol. The highest BCUT2D eigenvalue weighted by Crippen LogP contribution is 2.37. The van der Waals surface area contributed by atoms with Gasteiger partial charge < -0.3 is 5.32 Å². The molecule has 1 N–H and O–H groups in total. The number of rotatable bonds is 3. The minimum atomic E-state index is -0.405. The van der Waals surface area contributed by atoms with Crippen LogP contribution in [-0.2, 0) is 14.1 Å². The van der Waals surface area contributed by atoms with Gasteiger partial charge in [0.25, 0.3) is 5.56 Å². The maximum absolute atomic E-state index is 11.9. The van der Waals surface area contributed by atoms with Crippen LogP contribution in [0.5, 0.6) is 0 Å². The second-order valence-electron chi connectivity index (χ2n) is 5.49. The van der Waals surface area contributed by atoms with E-state index in [4.69, 9.17) is 0 Å². The molecule has 2 rings (SSSR count). The summed E-state index contributed by atoms with van der Waals surface area (Å²) < 4.78 is 2.26. The molecular weight excluding hydrogens is 232 g/mol. The molecule has 0 saturated heterocycles. The van der Waals surface area contributed by atoms with E-state index < -0.39 is 5.69 Å². The maximum Gasteiger partial charge on any atom is 0.346 e. The lowest BCUT2D eigenvalue weighted by Gasteiger charge is -2.23. The van der Waals surface area contributed by atoms with Crippen molar-refractivity contribution in [1.29, 1.82) is 0 Å². The molecule has 0 radical (unpaired) electrons. The van der Waals surface area contributed by atoms with Gasteiger partial charge in [0.15, 0.2) is 0 Å². The molecule has 1 aliphatic carbocycles. The zero-order valence-electron chi connectivity index (χ0n) is 11.2. The number of anilines is 1. The average Bonchev–Trinajstić information content (AvgIpc) is 2.77. The van der Waals surface area contributed by atoms with E-state index in [-0.39, 0.29) is 16.8 Å². The molecule has 1 aromatic rings. The molecule has 0 amide bonds. The Morgan fingerprint density at radius 1 is 1.28 bits per heavy atom. The van der Waals surface area contributed by atoms with E-state index in [1.807, 2.05) is 0 Å². The summed E-state index contributed by atoms with van der Waals surface area (Å²) >= 11 is 0. The van der Waals surface area contributed by atoms with Crippen molar-refractivity contribution in [2.24, 2.45) is 19.5 Å². The first-order valence-electron chi connectivity index (χ1n) is 6.31. The van der Waals surface area contributed by atoms with Gasteiger partial charge in [0.1, 0.15) is 0 Å². The fourth-order valence-electron chi connectivity index (χ4n) is 2.51. The summed E-state index contributed by atoms with van der Waals surface area (Å²) in [4.78, 5) is 23.4. The Bertz CT molecular complexity index is 552. The summed E-state index contributed by atoms with van der Waals surface area (Å²) in [5, 5.41) is 7.08. The Morgan fingerprint density at radius 3 is 2.50 bits per heavy atom. The third kappa shape index (κ3) is 2.32. The molecule has 0 aromatic carbocycles. The predicted molar refractivity (Wildman–Crippen MR) is 69.8 cm³/mol. The molecule has 6 nitrogen and oxygen atoms in total. The monoisotopic (exact) mass is 252 g/mol. The molecule has 18 heavy (non-hydrogen) atoms. The fraction of sp³-hybridized carbons (Fsp3) is 0.750. The topological polar surface area (TPSA) is 68.9 Å². The normalized spacial score (nSPS) is 17.9. The number of aryl methyl sites for hydroxylation is 1. The largest absolute Gasteiger partial charge is 0.363 e. The summed E-state index contributed by atoms with van der Waals surface area (Å²) in [5.74, 6) is 0.257. The Balaban J connectivity index is 2.20. The van der Waals surface area contributed by atoms with E-state index in [0.29, 0.717) is 0 Å². The van der Waals surface area contributed by atoms with Crippen molar-refractivity contribution in [3.63, 3.8) is 0 Å². The first kappa shape index (κ1) is 12.9. The maximum atomic E-state index is 11.9. The van der Waals surface area contributed by atoms with Gasteiger partial charge in [0.2, 0.25) is 5.82 Å². The van der Waals surface area contributed by atoms with Gasteiger partial charge in [-0.25, -0.2) is 9.48 Å². The van der Waals surface area contributed by atoms with Crippen molar-refractivity contribution in [3.8, 4) is 0 Å². The molecule has 0 aliphatic heterocycles. The summed E-state index contributed by atoms with van der Waals surface area (Å²) in [6.07, 6.45) is 4.84. The van der Waals surface area contributed by atoms with Crippen molar-refractivity contribution in [1.82, 2.24) is 14.3 Å². The van der Waals surface area contributed by atoms with E-state index in [0.717, 1.165) is 11.1 Å². The molecule has 1 fully saturated rings. The highest BCUT2D eigenvalue weighted by atomic mass is 16.2. The number of aromatic nitrogens is 3. The Morgan fingerprint density at radius 2 is 1.89 bits per heavy atom. The second kappa shape index (κ2) is 4.59. The Labute approximate surface area is 106 Å². The first-order chi connectivity index (χ1) is 8.43. The molecule has 1 saturated carbocycles. The molecule has 0 spiro atoms. The van der Waals surface area contributed by atoms with Crippen LogP contribution < -0.4 is 16.6 Å². The summed E-state index contributed by atoms with van der Waals surface area (Å²) in [5.41, 5.74) is -0.529. The second-order valence-corrected chi connectivity index (χ2v) is 5.49. The van der Waals surface area contributed by atoms with Crippen molar-refractivity contribution in [2.75, 3.05) is 11.9 Å². The molecule has 100 valence electrons. The van der Waals surface area contributed by atoms with Crippen LogP contribution >= 0.6 is 0 Å². The van der Waals surface area contributed by atoms with Crippen LogP contribution in [0.25, 0.3) is 0 Å². The van der Waals surface area contributed by atoms with Crippen LogP contribution in [0.3, 0.4) is 0 Å². The van der Waals surface area contributed by atoms with Crippen LogP contribution in [-0.4, -0.2) is 20.9 Å². The molecule has 0 unspecified atom stereocenters. The SMILES string of the molecule is Cn1nc(NCC2(C)CCCC2)c(=O)n(C)c1=O. The van der Waals surface area contributed by atoms with E-state index in [1.54, 1.807) is 7.05 Å². The van der Waals surface area contributed by atoms with E-state index in [1.165, 1.54) is 37.4 Å². The van der Waals surface area contributed by atoms with E-state index in [9.17, 15) is 9.59 Å². The minimum absolute atomic E-state index is 0.237. The minimum Gasteiger partial charge on any atom is -0.363 e. The van der Waals surface area contributed by atoms with Gasteiger partial charge in [-0.3, -0.25) is 9.36 Å². The third-order valence-corrected chi connectivity index (χ3v) is 3.81. The first-order valence-corrected chi connectivity index (χ1v) is 6.31. The van der Waals surface area contributed by atoms with Crippen molar-refractivity contribution < 1.29 is 0 Å². The Hall–Kier alpha value is -1.59. The molecular formula is C12H20N4O2.